The second-order valence-electron chi connectivity index (χ2n) is 2.91. The maximum absolute atomic E-state index is 4.08. The van der Waals surface area contributed by atoms with Crippen LogP contribution in [0.3, 0.4) is 0 Å². The molecule has 62 valence electrons. The maximum Gasteiger partial charge on any atom is 0.248 e. The Bertz CT molecular complexity index is 378. The molecule has 0 aliphatic heterocycles. The molecule has 0 unspecified atom stereocenters. The number of nitrogens with zero attached hydrogens (tertiary/aromatic N) is 1. The standard InChI is InChI=1S/C9H11N3/c1-2-4-7-5-3-6-8-9(7)11-12-10-8/h3,5-6H,2,4H2,1H3,(H,10,11,12)/p+1. The zero-order chi connectivity index (χ0) is 8.39. The molecular weight excluding hydrogens is 150 g/mol. The van der Waals surface area contributed by atoms with E-state index in [1.54, 1.807) is 0 Å². The molecule has 0 bridgehead atoms. The second-order valence-corrected chi connectivity index (χ2v) is 2.91. The lowest BCUT2D eigenvalue weighted by Crippen LogP contribution is -2.04. The predicted molar refractivity (Wildman–Crippen MR) is 46.6 cm³/mol. The number of rotatable bonds is 2. The average molecular weight is 162 g/mol. The van der Waals surface area contributed by atoms with Crippen molar-refractivity contribution >= 4 is 11.0 Å². The summed E-state index contributed by atoms with van der Waals surface area (Å²) in [6, 6.07) is 6.18. The van der Waals surface area contributed by atoms with Crippen LogP contribution in [0.4, 0.5) is 0 Å². The Labute approximate surface area is 70.8 Å². The van der Waals surface area contributed by atoms with E-state index in [-0.39, 0.29) is 0 Å². The van der Waals surface area contributed by atoms with E-state index in [0.29, 0.717) is 0 Å². The van der Waals surface area contributed by atoms with Crippen molar-refractivity contribution in [3.8, 4) is 0 Å². The highest BCUT2D eigenvalue weighted by Gasteiger charge is 2.08. The van der Waals surface area contributed by atoms with Crippen molar-refractivity contribution in [2.45, 2.75) is 19.8 Å². The molecule has 2 rings (SSSR count). The fraction of sp³-hybridized carbons (Fsp3) is 0.333. The topological polar surface area (TPSA) is 42.8 Å². The fourth-order valence-corrected chi connectivity index (χ4v) is 1.45. The van der Waals surface area contributed by atoms with Crippen molar-refractivity contribution in [2.75, 3.05) is 0 Å². The lowest BCUT2D eigenvalue weighted by atomic mass is 10.1. The smallest absolute Gasteiger partial charge is 0.168 e. The van der Waals surface area contributed by atoms with Crippen LogP contribution in [0, 0.1) is 0 Å². The van der Waals surface area contributed by atoms with Gasteiger partial charge in [0, 0.05) is 10.7 Å². The molecule has 1 heterocycles. The highest BCUT2D eigenvalue weighted by atomic mass is 15.3. The number of aryl methyl sites for hydroxylation is 1. The van der Waals surface area contributed by atoms with Gasteiger partial charge in [0.05, 0.1) is 0 Å². The average Bonchev–Trinajstić information content (AvgIpc) is 2.53. The summed E-state index contributed by atoms with van der Waals surface area (Å²) in [5, 5.41) is 9.88. The molecule has 0 spiro atoms. The molecule has 0 saturated carbocycles. The van der Waals surface area contributed by atoms with Gasteiger partial charge in [-0.1, -0.05) is 30.7 Å². The van der Waals surface area contributed by atoms with E-state index >= 15 is 0 Å². The number of hydrogen-bond donors (Lipinski definition) is 1. The van der Waals surface area contributed by atoms with Gasteiger partial charge in [0.25, 0.3) is 0 Å². The van der Waals surface area contributed by atoms with Crippen molar-refractivity contribution in [2.24, 2.45) is 0 Å². The first-order valence-corrected chi connectivity index (χ1v) is 4.25. The maximum atomic E-state index is 4.08. The Morgan fingerprint density at radius 3 is 3.25 bits per heavy atom. The summed E-state index contributed by atoms with van der Waals surface area (Å²) < 4.78 is 0. The van der Waals surface area contributed by atoms with Crippen LogP contribution >= 0.6 is 0 Å². The Kier molecular flexibility index (Phi) is 1.78. The minimum atomic E-state index is 1.01. The molecule has 0 aliphatic carbocycles. The highest BCUT2D eigenvalue weighted by Crippen LogP contribution is 2.12. The number of H-pyrrole nitrogens is 2. The normalized spacial score (nSPS) is 10.8. The van der Waals surface area contributed by atoms with Gasteiger partial charge < -0.3 is 0 Å². The predicted octanol–water partition coefficient (Wildman–Crippen LogP) is 1.33. The molecule has 2 aromatic rings. The van der Waals surface area contributed by atoms with Crippen molar-refractivity contribution in [3.05, 3.63) is 23.8 Å². The van der Waals surface area contributed by atoms with E-state index in [2.05, 4.69) is 28.4 Å². The van der Waals surface area contributed by atoms with E-state index in [1.165, 1.54) is 5.56 Å². The van der Waals surface area contributed by atoms with E-state index < -0.39 is 0 Å². The largest absolute Gasteiger partial charge is 0.248 e. The SMILES string of the molecule is CCCc1cccc2n[nH][nH+]c12. The van der Waals surface area contributed by atoms with E-state index in [1.807, 2.05) is 12.1 Å². The molecule has 3 heteroatoms. The van der Waals surface area contributed by atoms with Gasteiger partial charge in [-0.3, -0.25) is 0 Å². The molecular formula is C9H12N3+. The van der Waals surface area contributed by atoms with Gasteiger partial charge in [-0.25, -0.2) is 0 Å². The molecule has 12 heavy (non-hydrogen) atoms. The van der Waals surface area contributed by atoms with Crippen molar-refractivity contribution in [1.29, 1.82) is 0 Å². The summed E-state index contributed by atoms with van der Waals surface area (Å²) in [5.74, 6) is 0. The zero-order valence-electron chi connectivity index (χ0n) is 7.09. The number of fused-ring (bicyclic) bond motifs is 1. The number of para-hydroxylation sites is 1. The first kappa shape index (κ1) is 7.28. The van der Waals surface area contributed by atoms with Gasteiger partial charge in [-0.2, -0.15) is 5.10 Å². The van der Waals surface area contributed by atoms with Crippen LogP contribution in [0.15, 0.2) is 18.2 Å². The summed E-state index contributed by atoms with van der Waals surface area (Å²) >= 11 is 0. The van der Waals surface area contributed by atoms with Crippen molar-refractivity contribution in [1.82, 2.24) is 10.3 Å². The third-order valence-electron chi connectivity index (χ3n) is 2.01. The van der Waals surface area contributed by atoms with Crippen LogP contribution in [0.25, 0.3) is 11.0 Å². The molecule has 0 radical (unpaired) electrons. The van der Waals surface area contributed by atoms with Crippen LogP contribution in [-0.4, -0.2) is 10.3 Å². The van der Waals surface area contributed by atoms with Gasteiger partial charge >= 0.3 is 0 Å². The van der Waals surface area contributed by atoms with E-state index in [0.717, 1.165) is 23.9 Å². The lowest BCUT2D eigenvalue weighted by molar-refractivity contribution is -0.427. The lowest BCUT2D eigenvalue weighted by Gasteiger charge is -1.93. The molecule has 3 nitrogen and oxygen atoms in total. The quantitative estimate of drug-likeness (QED) is 0.711. The second kappa shape index (κ2) is 2.93. The van der Waals surface area contributed by atoms with Crippen molar-refractivity contribution in [3.63, 3.8) is 0 Å². The Morgan fingerprint density at radius 1 is 1.50 bits per heavy atom. The van der Waals surface area contributed by atoms with E-state index in [9.17, 15) is 0 Å². The summed E-state index contributed by atoms with van der Waals surface area (Å²) in [7, 11) is 0. The molecule has 0 atom stereocenters. The van der Waals surface area contributed by atoms with Gasteiger partial charge in [-0.05, 0) is 12.5 Å². The number of aromatic amines is 2. The van der Waals surface area contributed by atoms with Gasteiger partial charge in [0.2, 0.25) is 11.0 Å². The highest BCUT2D eigenvalue weighted by molar-refractivity contribution is 5.73. The first-order chi connectivity index (χ1) is 5.92. The van der Waals surface area contributed by atoms with Crippen LogP contribution in [-0.2, 0) is 6.42 Å². The monoisotopic (exact) mass is 162 g/mol. The molecule has 0 aliphatic rings. The number of hydrogen-bond acceptors (Lipinski definition) is 1. The van der Waals surface area contributed by atoms with E-state index in [4.69, 9.17) is 0 Å². The number of benzene rings is 1. The minimum absolute atomic E-state index is 1.01. The summed E-state index contributed by atoms with van der Waals surface area (Å²) in [6.45, 7) is 2.18. The Hall–Kier alpha value is -1.38. The molecule has 1 aromatic heterocycles. The van der Waals surface area contributed by atoms with Crippen molar-refractivity contribution < 1.29 is 5.10 Å². The Morgan fingerprint density at radius 2 is 2.42 bits per heavy atom. The molecule has 0 amide bonds. The number of aromatic nitrogens is 3. The summed E-state index contributed by atoms with van der Waals surface area (Å²) in [6.07, 6.45) is 2.27. The summed E-state index contributed by atoms with van der Waals surface area (Å²) in [4.78, 5) is 0. The van der Waals surface area contributed by atoms with Gasteiger partial charge in [-0.15, -0.1) is 0 Å². The van der Waals surface area contributed by atoms with Gasteiger partial charge in [0.1, 0.15) is 0 Å². The molecule has 1 aromatic carbocycles. The molecule has 2 N–H and O–H groups in total. The fourth-order valence-electron chi connectivity index (χ4n) is 1.45. The third-order valence-corrected chi connectivity index (χ3v) is 2.01. The van der Waals surface area contributed by atoms with Crippen LogP contribution < -0.4 is 5.10 Å². The summed E-state index contributed by atoms with van der Waals surface area (Å²) in [5.41, 5.74) is 3.49. The van der Waals surface area contributed by atoms with Gasteiger partial charge in [0.15, 0.2) is 0 Å². The van der Waals surface area contributed by atoms with Crippen LogP contribution in [0.5, 0.6) is 0 Å². The number of nitrogens with one attached hydrogen (secondary N) is 2. The Balaban J connectivity index is 2.57. The minimum Gasteiger partial charge on any atom is -0.168 e. The van der Waals surface area contributed by atoms with Crippen LogP contribution in [0.1, 0.15) is 18.9 Å². The molecule has 0 fully saturated rings. The first-order valence-electron chi connectivity index (χ1n) is 4.25. The molecule has 0 saturated heterocycles. The third kappa shape index (κ3) is 1.07. The van der Waals surface area contributed by atoms with Crippen LogP contribution in [0.2, 0.25) is 0 Å². The zero-order valence-corrected chi connectivity index (χ0v) is 7.09.